The van der Waals surface area contributed by atoms with Crippen LogP contribution in [0.3, 0.4) is 0 Å². The summed E-state index contributed by atoms with van der Waals surface area (Å²) < 4.78 is 24.4. The first kappa shape index (κ1) is 19.4. The molecule has 2 rings (SSSR count). The maximum atomic E-state index is 14.2. The fourth-order valence-corrected chi connectivity index (χ4v) is 1.93. The smallest absolute Gasteiger partial charge is 0.338 e. The predicted molar refractivity (Wildman–Crippen MR) is 97.4 cm³/mol. The topological polar surface area (TPSA) is 52.6 Å². The van der Waals surface area contributed by atoms with Crippen LogP contribution in [0.5, 0.6) is 11.5 Å². The predicted octanol–water partition coefficient (Wildman–Crippen LogP) is 4.93. The van der Waals surface area contributed by atoms with Gasteiger partial charge < -0.3 is 9.47 Å². The van der Waals surface area contributed by atoms with Crippen LogP contribution in [-0.4, -0.2) is 11.9 Å². The van der Waals surface area contributed by atoms with Gasteiger partial charge in [-0.2, -0.15) is 0 Å². The van der Waals surface area contributed by atoms with E-state index < -0.39 is 17.2 Å². The van der Waals surface area contributed by atoms with Crippen LogP contribution in [0, 0.1) is 11.2 Å². The Morgan fingerprint density at radius 2 is 1.54 bits per heavy atom. The van der Waals surface area contributed by atoms with Crippen molar-refractivity contribution in [3.8, 4) is 22.6 Å². The minimum absolute atomic E-state index is 0.155. The molecule has 0 aliphatic heterocycles. The Hall–Kier alpha value is -2.95. The zero-order valence-corrected chi connectivity index (χ0v) is 15.3. The van der Waals surface area contributed by atoms with Crippen molar-refractivity contribution in [2.75, 3.05) is 0 Å². The summed E-state index contributed by atoms with van der Waals surface area (Å²) in [6, 6.07) is 11.0. The Bertz CT molecular complexity index is 845. The van der Waals surface area contributed by atoms with E-state index in [9.17, 15) is 14.0 Å². The molecule has 2 aromatic carbocycles. The summed E-state index contributed by atoms with van der Waals surface area (Å²) in [7, 11) is 0. The van der Waals surface area contributed by atoms with E-state index in [1.165, 1.54) is 19.1 Å². The fourth-order valence-electron chi connectivity index (χ4n) is 1.93. The van der Waals surface area contributed by atoms with Crippen molar-refractivity contribution in [3.63, 3.8) is 0 Å². The standard InChI is InChI=1S/C21H21FO4/c1-13(2)19(23)26-18-11-8-15(12-17(18)22)14-6-9-16(10-7-14)25-20(24)21(3,4)5/h6-12H,1H2,2-5H3. The molecule has 0 saturated heterocycles. The quantitative estimate of drug-likeness (QED) is 0.443. The van der Waals surface area contributed by atoms with E-state index in [0.717, 1.165) is 5.56 Å². The summed E-state index contributed by atoms with van der Waals surface area (Å²) in [5.74, 6) is -1.40. The Balaban J connectivity index is 2.16. The number of ether oxygens (including phenoxy) is 2. The van der Waals surface area contributed by atoms with Crippen LogP contribution in [-0.2, 0) is 9.59 Å². The summed E-state index contributed by atoms with van der Waals surface area (Å²) in [4.78, 5) is 23.4. The first-order valence-electron chi connectivity index (χ1n) is 8.08. The van der Waals surface area contributed by atoms with E-state index in [0.29, 0.717) is 11.3 Å². The summed E-state index contributed by atoms with van der Waals surface area (Å²) in [5, 5.41) is 0. The molecule has 0 aliphatic rings. The third-order valence-electron chi connectivity index (χ3n) is 3.49. The highest BCUT2D eigenvalue weighted by molar-refractivity contribution is 5.88. The van der Waals surface area contributed by atoms with Crippen LogP contribution >= 0.6 is 0 Å². The number of esters is 2. The molecule has 0 aliphatic carbocycles. The van der Waals surface area contributed by atoms with Crippen molar-refractivity contribution in [1.29, 1.82) is 0 Å². The van der Waals surface area contributed by atoms with Crippen LogP contribution in [0.4, 0.5) is 4.39 Å². The number of rotatable bonds is 4. The largest absolute Gasteiger partial charge is 0.426 e. The number of benzene rings is 2. The summed E-state index contributed by atoms with van der Waals surface area (Å²) >= 11 is 0. The monoisotopic (exact) mass is 356 g/mol. The van der Waals surface area contributed by atoms with E-state index in [4.69, 9.17) is 9.47 Å². The van der Waals surface area contributed by atoms with Gasteiger partial charge in [0.15, 0.2) is 11.6 Å². The molecule has 0 spiro atoms. The highest BCUT2D eigenvalue weighted by atomic mass is 19.1. The number of hydrogen-bond donors (Lipinski definition) is 0. The third kappa shape index (κ3) is 4.79. The summed E-state index contributed by atoms with van der Waals surface area (Å²) in [6.45, 7) is 10.3. The van der Waals surface area contributed by atoms with Gasteiger partial charge >= 0.3 is 11.9 Å². The number of carbonyl (C=O) groups is 2. The summed E-state index contributed by atoms with van der Waals surface area (Å²) in [6.07, 6.45) is 0. The van der Waals surface area contributed by atoms with Gasteiger partial charge in [-0.15, -0.1) is 0 Å². The van der Waals surface area contributed by atoms with E-state index in [1.807, 2.05) is 0 Å². The van der Waals surface area contributed by atoms with Crippen LogP contribution in [0.2, 0.25) is 0 Å². The van der Waals surface area contributed by atoms with Crippen LogP contribution in [0.1, 0.15) is 27.7 Å². The van der Waals surface area contributed by atoms with Crippen LogP contribution in [0.25, 0.3) is 11.1 Å². The maximum Gasteiger partial charge on any atom is 0.338 e. The molecule has 0 atom stereocenters. The van der Waals surface area contributed by atoms with Gasteiger partial charge in [0.1, 0.15) is 5.75 Å². The van der Waals surface area contributed by atoms with Gasteiger partial charge in [-0.25, -0.2) is 9.18 Å². The maximum absolute atomic E-state index is 14.2. The highest BCUT2D eigenvalue weighted by Crippen LogP contribution is 2.28. The van der Waals surface area contributed by atoms with Gasteiger partial charge in [-0.05, 0) is 63.1 Å². The number of halogens is 1. The molecule has 4 nitrogen and oxygen atoms in total. The van der Waals surface area contributed by atoms with Crippen molar-refractivity contribution >= 4 is 11.9 Å². The minimum atomic E-state index is -0.679. The van der Waals surface area contributed by atoms with Gasteiger partial charge in [0, 0.05) is 5.57 Å². The molecule has 0 bridgehead atoms. The lowest BCUT2D eigenvalue weighted by Gasteiger charge is -2.16. The lowest BCUT2D eigenvalue weighted by atomic mass is 9.97. The second kappa shape index (κ2) is 7.52. The number of carbonyl (C=O) groups excluding carboxylic acids is 2. The lowest BCUT2D eigenvalue weighted by molar-refractivity contribution is -0.143. The van der Waals surface area contributed by atoms with Crippen molar-refractivity contribution < 1.29 is 23.5 Å². The molecule has 0 radical (unpaired) electrons. The second-order valence-corrected chi connectivity index (χ2v) is 6.98. The zero-order valence-electron chi connectivity index (χ0n) is 15.3. The lowest BCUT2D eigenvalue weighted by Crippen LogP contribution is -2.25. The molecule has 0 saturated carbocycles. The first-order valence-corrected chi connectivity index (χ1v) is 8.08. The van der Waals surface area contributed by atoms with Crippen molar-refractivity contribution in [2.24, 2.45) is 5.41 Å². The Labute approximate surface area is 152 Å². The van der Waals surface area contributed by atoms with Gasteiger partial charge in [0.2, 0.25) is 0 Å². The van der Waals surface area contributed by atoms with Gasteiger partial charge in [-0.1, -0.05) is 24.8 Å². The molecule has 2 aromatic rings. The first-order chi connectivity index (χ1) is 12.1. The molecule has 0 heterocycles. The van der Waals surface area contributed by atoms with E-state index in [-0.39, 0.29) is 17.3 Å². The Morgan fingerprint density at radius 1 is 0.962 bits per heavy atom. The van der Waals surface area contributed by atoms with Crippen molar-refractivity contribution in [2.45, 2.75) is 27.7 Å². The summed E-state index contributed by atoms with van der Waals surface area (Å²) in [5.41, 5.74) is 0.927. The molecule has 0 fully saturated rings. The molecule has 136 valence electrons. The zero-order chi connectivity index (χ0) is 19.5. The van der Waals surface area contributed by atoms with Crippen LogP contribution < -0.4 is 9.47 Å². The second-order valence-electron chi connectivity index (χ2n) is 6.98. The molecule has 0 N–H and O–H groups in total. The van der Waals surface area contributed by atoms with E-state index >= 15 is 0 Å². The average Bonchev–Trinajstić information content (AvgIpc) is 2.56. The van der Waals surface area contributed by atoms with Crippen LogP contribution in [0.15, 0.2) is 54.6 Å². The van der Waals surface area contributed by atoms with Gasteiger partial charge in [0.25, 0.3) is 0 Å². The van der Waals surface area contributed by atoms with Gasteiger partial charge in [0.05, 0.1) is 5.41 Å². The SMILES string of the molecule is C=C(C)C(=O)Oc1ccc(-c2ccc(OC(=O)C(C)(C)C)cc2)cc1F. The van der Waals surface area contributed by atoms with E-state index in [2.05, 4.69) is 6.58 Å². The average molecular weight is 356 g/mol. The fraction of sp³-hybridized carbons (Fsp3) is 0.238. The molecule has 0 aromatic heterocycles. The molecular weight excluding hydrogens is 335 g/mol. The van der Waals surface area contributed by atoms with Crippen molar-refractivity contribution in [3.05, 3.63) is 60.4 Å². The van der Waals surface area contributed by atoms with Crippen molar-refractivity contribution in [1.82, 2.24) is 0 Å². The highest BCUT2D eigenvalue weighted by Gasteiger charge is 2.23. The molecule has 0 unspecified atom stereocenters. The Morgan fingerprint density at radius 3 is 2.04 bits per heavy atom. The minimum Gasteiger partial charge on any atom is -0.426 e. The number of hydrogen-bond acceptors (Lipinski definition) is 4. The molecule has 26 heavy (non-hydrogen) atoms. The normalized spacial score (nSPS) is 11.0. The van der Waals surface area contributed by atoms with Gasteiger partial charge in [-0.3, -0.25) is 4.79 Å². The third-order valence-corrected chi connectivity index (χ3v) is 3.49. The Kier molecular flexibility index (Phi) is 5.60. The molecular formula is C21H21FO4. The van der Waals surface area contributed by atoms with E-state index in [1.54, 1.807) is 51.1 Å². The molecule has 5 heteroatoms. The molecule has 0 amide bonds.